The van der Waals surface area contributed by atoms with Gasteiger partial charge in [0.1, 0.15) is 0 Å². The van der Waals surface area contributed by atoms with Crippen molar-refractivity contribution in [2.45, 2.75) is 25.2 Å². The molecule has 1 aromatic rings. The van der Waals surface area contributed by atoms with Crippen LogP contribution in [-0.4, -0.2) is 37.0 Å². The van der Waals surface area contributed by atoms with E-state index < -0.39 is 0 Å². The number of rotatable bonds is 1. The van der Waals surface area contributed by atoms with Gasteiger partial charge in [-0.3, -0.25) is 4.48 Å². The van der Waals surface area contributed by atoms with Crippen LogP contribution in [0.1, 0.15) is 12.8 Å². The number of nitrogens with two attached hydrogens (primary N) is 1. The number of hydrogen-bond donors (Lipinski definition) is 3. The molecule has 92 valence electrons. The Kier molecular flexibility index (Phi) is 2.49. The molecule has 1 fully saturated rings. The second-order valence-electron chi connectivity index (χ2n) is 5.50. The Balaban J connectivity index is 1.76. The zero-order chi connectivity index (χ0) is 11.9. The van der Waals surface area contributed by atoms with Gasteiger partial charge in [-0.15, -0.1) is 0 Å². The number of hydrogen-bond acceptors (Lipinski definition) is 3. The van der Waals surface area contributed by atoms with Gasteiger partial charge in [-0.25, -0.2) is 0 Å². The minimum absolute atomic E-state index is 0.292. The molecule has 0 unspecified atom stereocenters. The second kappa shape index (κ2) is 3.89. The molecule has 0 amide bonds. The minimum Gasteiger partial charge on any atom is -0.327 e. The van der Waals surface area contributed by atoms with Gasteiger partial charge in [-0.1, -0.05) is 12.1 Å². The molecule has 0 aromatic heterocycles. The lowest BCUT2D eigenvalue weighted by atomic mass is 10.0. The van der Waals surface area contributed by atoms with E-state index in [1.165, 1.54) is 11.4 Å². The molecule has 1 aromatic carbocycles. The van der Waals surface area contributed by atoms with Crippen molar-refractivity contribution in [3.05, 3.63) is 24.3 Å². The quantitative estimate of drug-likeness (QED) is 0.642. The van der Waals surface area contributed by atoms with E-state index >= 15 is 0 Å². The van der Waals surface area contributed by atoms with Crippen LogP contribution in [0.4, 0.5) is 11.4 Å². The van der Waals surface area contributed by atoms with Crippen molar-refractivity contribution < 1.29 is 4.48 Å². The van der Waals surface area contributed by atoms with Gasteiger partial charge in [0.2, 0.25) is 6.29 Å². The van der Waals surface area contributed by atoms with Crippen LogP contribution in [0.15, 0.2) is 24.3 Å². The summed E-state index contributed by atoms with van der Waals surface area (Å²) in [5.74, 6) is 0. The van der Waals surface area contributed by atoms with E-state index in [4.69, 9.17) is 5.73 Å². The molecule has 4 heteroatoms. The lowest BCUT2D eigenvalue weighted by molar-refractivity contribution is -0.930. The summed E-state index contributed by atoms with van der Waals surface area (Å²) < 4.78 is 1.02. The van der Waals surface area contributed by atoms with Crippen molar-refractivity contribution in [2.24, 2.45) is 5.73 Å². The van der Waals surface area contributed by atoms with Gasteiger partial charge in [-0.05, 0) is 12.1 Å². The number of nitrogens with zero attached hydrogens (tertiary/aromatic N) is 1. The molecule has 2 heterocycles. The third kappa shape index (κ3) is 1.87. The standard InChI is InChI=1S/C13H21N4/c1-17(8-6-10(14)7-9-17)13-15-11-4-2-3-5-12(11)16-13/h2-5,10,13,15-16H,6-9,14H2,1H3/q+1. The van der Waals surface area contributed by atoms with Crippen molar-refractivity contribution in [3.8, 4) is 0 Å². The van der Waals surface area contributed by atoms with Crippen molar-refractivity contribution in [1.82, 2.24) is 0 Å². The van der Waals surface area contributed by atoms with Gasteiger partial charge in [0.15, 0.2) is 0 Å². The van der Waals surface area contributed by atoms with E-state index in [9.17, 15) is 0 Å². The van der Waals surface area contributed by atoms with E-state index in [1.54, 1.807) is 0 Å². The van der Waals surface area contributed by atoms with Crippen LogP contribution in [0, 0.1) is 0 Å². The summed E-state index contributed by atoms with van der Waals surface area (Å²) in [5.41, 5.74) is 8.42. The molecule has 2 aliphatic rings. The third-order valence-corrected chi connectivity index (χ3v) is 4.16. The Bertz CT molecular complexity index is 385. The first-order valence-corrected chi connectivity index (χ1v) is 6.39. The smallest absolute Gasteiger partial charge is 0.241 e. The first kappa shape index (κ1) is 10.9. The molecule has 3 rings (SSSR count). The van der Waals surface area contributed by atoms with Crippen LogP contribution in [0.25, 0.3) is 0 Å². The molecule has 4 nitrogen and oxygen atoms in total. The van der Waals surface area contributed by atoms with Crippen LogP contribution >= 0.6 is 0 Å². The van der Waals surface area contributed by atoms with E-state index in [1.807, 2.05) is 0 Å². The van der Waals surface area contributed by atoms with Crippen LogP contribution in [0.5, 0.6) is 0 Å². The fraction of sp³-hybridized carbons (Fsp3) is 0.538. The summed E-state index contributed by atoms with van der Waals surface area (Å²) in [7, 11) is 2.31. The fourth-order valence-electron chi connectivity index (χ4n) is 2.81. The highest BCUT2D eigenvalue weighted by molar-refractivity contribution is 5.73. The van der Waals surface area contributed by atoms with Crippen LogP contribution in [0.3, 0.4) is 0 Å². The van der Waals surface area contributed by atoms with Gasteiger partial charge in [0.25, 0.3) is 0 Å². The first-order valence-electron chi connectivity index (χ1n) is 6.39. The predicted octanol–water partition coefficient (Wildman–Crippen LogP) is 1.38. The number of quaternary nitrogens is 1. The Hall–Kier alpha value is -1.26. The minimum atomic E-state index is 0.292. The Labute approximate surface area is 102 Å². The zero-order valence-electron chi connectivity index (χ0n) is 10.3. The molecule has 0 atom stereocenters. The topological polar surface area (TPSA) is 50.1 Å². The van der Waals surface area contributed by atoms with E-state index in [0.29, 0.717) is 12.3 Å². The van der Waals surface area contributed by atoms with Gasteiger partial charge < -0.3 is 16.4 Å². The molecule has 0 bridgehead atoms. The average molecular weight is 233 g/mol. The Morgan fingerprint density at radius 3 is 2.18 bits per heavy atom. The molecule has 0 radical (unpaired) electrons. The monoisotopic (exact) mass is 233 g/mol. The zero-order valence-corrected chi connectivity index (χ0v) is 10.3. The number of piperidine rings is 1. The molecule has 0 aliphatic carbocycles. The lowest BCUT2D eigenvalue weighted by Crippen LogP contribution is -2.62. The van der Waals surface area contributed by atoms with E-state index in [0.717, 1.165) is 30.4 Å². The highest BCUT2D eigenvalue weighted by atomic mass is 15.5. The molecule has 4 N–H and O–H groups in total. The second-order valence-corrected chi connectivity index (χ2v) is 5.50. The van der Waals surface area contributed by atoms with Crippen molar-refractivity contribution in [3.63, 3.8) is 0 Å². The Morgan fingerprint density at radius 2 is 1.65 bits per heavy atom. The van der Waals surface area contributed by atoms with Crippen molar-refractivity contribution >= 4 is 11.4 Å². The van der Waals surface area contributed by atoms with Gasteiger partial charge >= 0.3 is 0 Å². The van der Waals surface area contributed by atoms with Crippen LogP contribution in [-0.2, 0) is 0 Å². The summed E-state index contributed by atoms with van der Waals surface area (Å²) in [5, 5.41) is 7.16. The maximum absolute atomic E-state index is 5.99. The number of benzene rings is 1. The van der Waals surface area contributed by atoms with Gasteiger partial charge in [0.05, 0.1) is 31.5 Å². The Morgan fingerprint density at radius 1 is 1.12 bits per heavy atom. The largest absolute Gasteiger partial charge is 0.327 e. The number of fused-ring (bicyclic) bond motifs is 1. The SMILES string of the molecule is C[N+]1(C2Nc3ccccc3N2)CCC(N)CC1. The number of anilines is 2. The predicted molar refractivity (Wildman–Crippen MR) is 70.6 cm³/mol. The molecule has 0 spiro atoms. The highest BCUT2D eigenvalue weighted by Gasteiger charge is 2.39. The first-order chi connectivity index (χ1) is 8.17. The van der Waals surface area contributed by atoms with Gasteiger partial charge in [-0.2, -0.15) is 0 Å². The fourth-order valence-corrected chi connectivity index (χ4v) is 2.81. The molecule has 17 heavy (non-hydrogen) atoms. The maximum atomic E-state index is 5.99. The number of para-hydroxylation sites is 2. The number of nitrogens with one attached hydrogen (secondary N) is 2. The normalized spacial score (nSPS) is 32.7. The molecule has 2 aliphatic heterocycles. The van der Waals surface area contributed by atoms with Crippen LogP contribution in [0.2, 0.25) is 0 Å². The van der Waals surface area contributed by atoms with Crippen molar-refractivity contribution in [2.75, 3.05) is 30.8 Å². The molecule has 0 saturated carbocycles. The molecule has 1 saturated heterocycles. The van der Waals surface area contributed by atoms with Crippen LogP contribution < -0.4 is 16.4 Å². The molecular weight excluding hydrogens is 212 g/mol. The third-order valence-electron chi connectivity index (χ3n) is 4.16. The van der Waals surface area contributed by atoms with Crippen molar-refractivity contribution in [1.29, 1.82) is 0 Å². The summed E-state index contributed by atoms with van der Waals surface area (Å²) in [6.45, 7) is 2.28. The summed E-state index contributed by atoms with van der Waals surface area (Å²) >= 11 is 0. The summed E-state index contributed by atoms with van der Waals surface area (Å²) in [4.78, 5) is 0. The highest BCUT2D eigenvalue weighted by Crippen LogP contribution is 2.32. The summed E-state index contributed by atoms with van der Waals surface area (Å²) in [6.07, 6.45) is 2.53. The summed E-state index contributed by atoms with van der Waals surface area (Å²) in [6, 6.07) is 8.79. The van der Waals surface area contributed by atoms with E-state index in [-0.39, 0.29) is 0 Å². The lowest BCUT2D eigenvalue weighted by Gasteiger charge is -2.43. The van der Waals surface area contributed by atoms with Gasteiger partial charge in [0, 0.05) is 18.9 Å². The average Bonchev–Trinajstić information content (AvgIpc) is 2.77. The maximum Gasteiger partial charge on any atom is 0.241 e. The molecular formula is C13H21N4+. The number of likely N-dealkylation sites (tertiary alicyclic amines) is 1. The van der Waals surface area contributed by atoms with E-state index in [2.05, 4.69) is 41.9 Å².